The first-order valence-electron chi connectivity index (χ1n) is 7.85. The minimum Gasteiger partial charge on any atom is -0.468 e. The van der Waals surface area contributed by atoms with Crippen molar-refractivity contribution in [2.75, 3.05) is 27.4 Å². The Morgan fingerprint density at radius 3 is 2.14 bits per heavy atom. The van der Waals surface area contributed by atoms with Gasteiger partial charge in [0, 0.05) is 11.4 Å². The molecule has 0 saturated carbocycles. The summed E-state index contributed by atoms with van der Waals surface area (Å²) in [7, 11) is 2.11. The molecule has 1 heterocycles. The Bertz CT molecular complexity index is 728. The Kier molecular flexibility index (Phi) is 7.70. The van der Waals surface area contributed by atoms with Crippen LogP contribution in [0.2, 0.25) is 0 Å². The molecule has 1 amide bonds. The van der Waals surface area contributed by atoms with E-state index in [0.29, 0.717) is 0 Å². The molecule has 2 atom stereocenters. The maximum absolute atomic E-state index is 12.5. The number of alkyl halides is 3. The smallest absolute Gasteiger partial charge is 0.405 e. The predicted octanol–water partition coefficient (Wildman–Crippen LogP) is 0.535. The molecule has 12 heteroatoms. The highest BCUT2D eigenvalue weighted by molar-refractivity contribution is 6.10. The number of ether oxygens (including phenoxy) is 3. The molecule has 0 aromatic rings. The van der Waals surface area contributed by atoms with E-state index in [1.165, 1.54) is 19.2 Å². The van der Waals surface area contributed by atoms with Crippen LogP contribution in [0.25, 0.3) is 0 Å². The number of allylic oxidation sites excluding steroid dienone is 1. The van der Waals surface area contributed by atoms with Crippen molar-refractivity contribution in [3.05, 3.63) is 11.3 Å². The first kappa shape index (κ1) is 23.1. The molecule has 0 radical (unpaired) electrons. The zero-order chi connectivity index (χ0) is 21.6. The summed E-state index contributed by atoms with van der Waals surface area (Å²) >= 11 is 0. The van der Waals surface area contributed by atoms with Gasteiger partial charge in [0.05, 0.1) is 19.8 Å². The Balaban J connectivity index is 3.07. The van der Waals surface area contributed by atoms with Crippen LogP contribution in [-0.4, -0.2) is 63.1 Å². The Morgan fingerprint density at radius 2 is 1.64 bits per heavy atom. The van der Waals surface area contributed by atoms with Crippen molar-refractivity contribution in [2.24, 2.45) is 16.8 Å². The molecule has 0 saturated heterocycles. The van der Waals surface area contributed by atoms with Gasteiger partial charge >= 0.3 is 24.1 Å². The molecule has 0 aromatic carbocycles. The lowest BCUT2D eigenvalue weighted by atomic mass is 9.80. The van der Waals surface area contributed by atoms with Gasteiger partial charge in [-0.1, -0.05) is 0 Å². The second kappa shape index (κ2) is 9.33. The molecule has 1 aliphatic heterocycles. The van der Waals surface area contributed by atoms with Crippen LogP contribution >= 0.6 is 0 Å². The fourth-order valence-corrected chi connectivity index (χ4v) is 2.58. The van der Waals surface area contributed by atoms with Gasteiger partial charge in [-0.25, -0.2) is 4.79 Å². The molecule has 0 aromatic heterocycles. The number of methoxy groups -OCH3 is 2. The monoisotopic (exact) mass is 408 g/mol. The summed E-state index contributed by atoms with van der Waals surface area (Å²) in [6, 6.07) is 0. The number of carbonyl (C=O) groups is 4. The van der Waals surface area contributed by atoms with E-state index in [9.17, 15) is 32.3 Å². The van der Waals surface area contributed by atoms with E-state index in [0.717, 1.165) is 14.2 Å². The second-order valence-corrected chi connectivity index (χ2v) is 5.72. The largest absolute Gasteiger partial charge is 0.468 e. The van der Waals surface area contributed by atoms with E-state index in [1.54, 1.807) is 0 Å². The number of hydrogen-bond donors (Lipinski definition) is 1. The molecule has 28 heavy (non-hydrogen) atoms. The molecule has 0 aliphatic carbocycles. The number of rotatable bonds is 6. The van der Waals surface area contributed by atoms with Gasteiger partial charge in [-0.3, -0.25) is 19.4 Å². The van der Waals surface area contributed by atoms with Crippen LogP contribution in [-0.2, 0) is 33.4 Å². The predicted molar refractivity (Wildman–Crippen MR) is 86.8 cm³/mol. The van der Waals surface area contributed by atoms with Crippen molar-refractivity contribution < 1.29 is 46.6 Å². The molecule has 0 spiro atoms. The lowest BCUT2D eigenvalue weighted by molar-refractivity contribution is -0.159. The van der Waals surface area contributed by atoms with Crippen molar-refractivity contribution in [3.63, 3.8) is 0 Å². The quantitative estimate of drug-likeness (QED) is 0.503. The van der Waals surface area contributed by atoms with Crippen molar-refractivity contribution in [2.45, 2.75) is 20.0 Å². The highest BCUT2D eigenvalue weighted by Gasteiger charge is 2.46. The molecule has 0 fully saturated rings. The van der Waals surface area contributed by atoms with Crippen LogP contribution in [0.5, 0.6) is 0 Å². The fraction of sp³-hybridized carbons (Fsp3) is 0.562. The average Bonchev–Trinajstić information content (AvgIpc) is 2.61. The highest BCUT2D eigenvalue weighted by Crippen LogP contribution is 2.33. The second-order valence-electron chi connectivity index (χ2n) is 5.72. The molecule has 1 N–H and O–H groups in total. The number of aliphatic imine (C=N–C) groups is 1. The molecule has 9 nitrogen and oxygen atoms in total. The van der Waals surface area contributed by atoms with Crippen molar-refractivity contribution in [3.8, 4) is 0 Å². The standard InChI is InChI=1S/C16H19F3N2O7/c1-7-10(13(23)26-3)12(11(8(2)21-7)14(24)27-4)15(25)28-5-9(22)20-6-16(17,18)19/h10,12H,5-6H2,1-4H3,(H,20,22)/t10?,12-/m0/s1. The van der Waals surface area contributed by atoms with E-state index in [-0.39, 0.29) is 17.0 Å². The molecular weight excluding hydrogens is 389 g/mol. The van der Waals surface area contributed by atoms with Gasteiger partial charge in [0.1, 0.15) is 18.4 Å². The zero-order valence-corrected chi connectivity index (χ0v) is 15.5. The first-order chi connectivity index (χ1) is 12.9. The van der Waals surface area contributed by atoms with Gasteiger partial charge in [0.25, 0.3) is 5.91 Å². The van der Waals surface area contributed by atoms with Crippen molar-refractivity contribution >= 4 is 29.5 Å². The van der Waals surface area contributed by atoms with Crippen molar-refractivity contribution in [1.82, 2.24) is 5.32 Å². The molecule has 1 rings (SSSR count). The summed E-state index contributed by atoms with van der Waals surface area (Å²) in [5.41, 5.74) is -0.0300. The van der Waals surface area contributed by atoms with Gasteiger partial charge in [0.2, 0.25) is 0 Å². The van der Waals surface area contributed by atoms with Crippen molar-refractivity contribution in [1.29, 1.82) is 0 Å². The van der Waals surface area contributed by atoms with Crippen LogP contribution in [0.4, 0.5) is 13.2 Å². The summed E-state index contributed by atoms with van der Waals surface area (Å²) in [6.45, 7) is 0.188. The Morgan fingerprint density at radius 1 is 1.04 bits per heavy atom. The summed E-state index contributed by atoms with van der Waals surface area (Å²) in [5, 5.41) is 1.53. The Labute approximate surface area is 157 Å². The maximum atomic E-state index is 12.5. The summed E-state index contributed by atoms with van der Waals surface area (Å²) in [5.74, 6) is -7.10. The SMILES string of the molecule is COC(=O)C1=C(C)N=C(C)C(C(=O)OC)[C@@H]1C(=O)OCC(=O)NCC(F)(F)F. The number of nitrogens with zero attached hydrogens (tertiary/aromatic N) is 1. The van der Waals surface area contributed by atoms with E-state index in [4.69, 9.17) is 4.74 Å². The van der Waals surface area contributed by atoms with Gasteiger partial charge in [0.15, 0.2) is 6.61 Å². The molecule has 0 bridgehead atoms. The van der Waals surface area contributed by atoms with E-state index >= 15 is 0 Å². The zero-order valence-electron chi connectivity index (χ0n) is 15.5. The lowest BCUT2D eigenvalue weighted by Gasteiger charge is -2.29. The van der Waals surface area contributed by atoms with Crippen LogP contribution in [0.15, 0.2) is 16.3 Å². The van der Waals surface area contributed by atoms with E-state index in [1.807, 2.05) is 0 Å². The third kappa shape index (κ3) is 5.79. The highest BCUT2D eigenvalue weighted by atomic mass is 19.4. The fourth-order valence-electron chi connectivity index (χ4n) is 2.58. The van der Waals surface area contributed by atoms with Gasteiger partial charge in [-0.2, -0.15) is 13.2 Å². The minimum absolute atomic E-state index is 0.0907. The van der Waals surface area contributed by atoms with Gasteiger partial charge < -0.3 is 19.5 Å². The van der Waals surface area contributed by atoms with Crippen LogP contribution < -0.4 is 5.32 Å². The first-order valence-corrected chi connectivity index (χ1v) is 7.85. The van der Waals surface area contributed by atoms with Crippen LogP contribution in [0.3, 0.4) is 0 Å². The minimum atomic E-state index is -4.63. The van der Waals surface area contributed by atoms with E-state index in [2.05, 4.69) is 14.5 Å². The number of halogens is 3. The third-order valence-electron chi connectivity index (χ3n) is 3.77. The maximum Gasteiger partial charge on any atom is 0.405 e. The Hall–Kier alpha value is -2.92. The average molecular weight is 408 g/mol. The number of nitrogens with one attached hydrogen (secondary N) is 1. The summed E-state index contributed by atoms with van der Waals surface area (Å²) in [6.07, 6.45) is -4.63. The number of amides is 1. The summed E-state index contributed by atoms with van der Waals surface area (Å²) in [4.78, 5) is 52.2. The number of hydrogen-bond acceptors (Lipinski definition) is 8. The van der Waals surface area contributed by atoms with Crippen LogP contribution in [0.1, 0.15) is 13.8 Å². The molecule has 1 unspecified atom stereocenters. The molecular formula is C16H19F3N2O7. The van der Waals surface area contributed by atoms with E-state index < -0.39 is 55.0 Å². The molecule has 156 valence electrons. The number of esters is 3. The number of carbonyl (C=O) groups excluding carboxylic acids is 4. The molecule has 1 aliphatic rings. The van der Waals surface area contributed by atoms with Crippen LogP contribution in [0, 0.1) is 11.8 Å². The summed E-state index contributed by atoms with van der Waals surface area (Å²) < 4.78 is 50.3. The third-order valence-corrected chi connectivity index (χ3v) is 3.77. The van der Waals surface area contributed by atoms with Gasteiger partial charge in [-0.15, -0.1) is 0 Å². The normalized spacial score (nSPS) is 19.5. The topological polar surface area (TPSA) is 120 Å². The van der Waals surface area contributed by atoms with Gasteiger partial charge in [-0.05, 0) is 13.8 Å². The lowest BCUT2D eigenvalue weighted by Crippen LogP contribution is -2.43.